The summed E-state index contributed by atoms with van der Waals surface area (Å²) in [5.41, 5.74) is 4.79. The van der Waals surface area contributed by atoms with Crippen molar-refractivity contribution in [1.29, 1.82) is 0 Å². The quantitative estimate of drug-likeness (QED) is 0.441. The third-order valence-electron chi connectivity index (χ3n) is 1.01. The molecule has 0 bridgehead atoms. The molecule has 9 nitrogen and oxygen atoms in total. The zero-order valence-corrected chi connectivity index (χ0v) is 8.35. The van der Waals surface area contributed by atoms with Gasteiger partial charge < -0.3 is 10.5 Å². The molecule has 0 spiro atoms. The first-order valence-corrected chi connectivity index (χ1v) is 4.72. The van der Waals surface area contributed by atoms with Crippen molar-refractivity contribution in [2.24, 2.45) is 0 Å². The van der Waals surface area contributed by atoms with Crippen molar-refractivity contribution in [3.63, 3.8) is 0 Å². The van der Waals surface area contributed by atoms with Gasteiger partial charge in [-0.25, -0.2) is 4.98 Å². The van der Waals surface area contributed by atoms with Gasteiger partial charge >= 0.3 is 10.4 Å². The smallest absolute Gasteiger partial charge is 0.394 e. The Kier molecular flexibility index (Phi) is 4.70. The van der Waals surface area contributed by atoms with Crippen LogP contribution in [0.4, 0.5) is 5.95 Å². The molecule has 86 valence electrons. The lowest BCUT2D eigenvalue weighted by Gasteiger charge is -1.95. The monoisotopic (exact) mass is 239 g/mol. The second-order valence-electron chi connectivity index (χ2n) is 2.11. The number of hydrogen-bond donors (Lipinski definition) is 4. The Labute approximate surface area is 84.5 Å². The molecular formula is C5H9N3O6S. The van der Waals surface area contributed by atoms with Crippen molar-refractivity contribution in [1.82, 2.24) is 9.97 Å². The number of nitrogens with two attached hydrogens (primary N) is 1. The number of anilines is 1. The van der Waals surface area contributed by atoms with Crippen molar-refractivity contribution in [3.8, 4) is 5.75 Å². The van der Waals surface area contributed by atoms with Crippen LogP contribution in [0.5, 0.6) is 5.75 Å². The van der Waals surface area contributed by atoms with Crippen LogP contribution in [0, 0.1) is 0 Å². The minimum Gasteiger partial charge on any atom is -0.490 e. The fraction of sp³-hybridized carbons (Fsp3) is 0.200. The van der Waals surface area contributed by atoms with Crippen molar-refractivity contribution in [2.75, 3.05) is 12.8 Å². The molecule has 0 unspecified atom stereocenters. The molecule has 0 radical (unpaired) electrons. The summed E-state index contributed by atoms with van der Waals surface area (Å²) in [7, 11) is -3.28. The Bertz CT molecular complexity index is 458. The van der Waals surface area contributed by atoms with Crippen LogP contribution in [-0.2, 0) is 10.4 Å². The van der Waals surface area contributed by atoms with E-state index in [4.69, 9.17) is 23.3 Å². The lowest BCUT2D eigenvalue weighted by molar-refractivity contribution is 0.381. The molecule has 1 rings (SSSR count). The Morgan fingerprint density at radius 2 is 2.00 bits per heavy atom. The van der Waals surface area contributed by atoms with Gasteiger partial charge in [0.1, 0.15) is 0 Å². The molecule has 1 aromatic heterocycles. The number of rotatable bonds is 1. The predicted octanol–water partition coefficient (Wildman–Crippen LogP) is -1.29. The summed E-state index contributed by atoms with van der Waals surface area (Å²) in [5, 5.41) is 0. The first-order chi connectivity index (χ1) is 6.74. The molecule has 0 aliphatic rings. The van der Waals surface area contributed by atoms with Crippen LogP contribution in [-0.4, -0.2) is 34.6 Å². The summed E-state index contributed by atoms with van der Waals surface area (Å²) in [4.78, 5) is 16.7. The van der Waals surface area contributed by atoms with E-state index in [2.05, 4.69) is 14.7 Å². The Hall–Kier alpha value is -1.65. The Morgan fingerprint density at radius 3 is 2.33 bits per heavy atom. The van der Waals surface area contributed by atoms with E-state index in [0.29, 0.717) is 0 Å². The summed E-state index contributed by atoms with van der Waals surface area (Å²) in [6.45, 7) is 0. The predicted molar refractivity (Wildman–Crippen MR) is 50.0 cm³/mol. The van der Waals surface area contributed by atoms with E-state index in [-0.39, 0.29) is 17.3 Å². The molecule has 15 heavy (non-hydrogen) atoms. The first-order valence-electron chi connectivity index (χ1n) is 3.32. The molecule has 0 aliphatic carbocycles. The van der Waals surface area contributed by atoms with Crippen molar-refractivity contribution >= 4 is 16.3 Å². The summed E-state index contributed by atoms with van der Waals surface area (Å²) in [5.74, 6) is 0.250. The van der Waals surface area contributed by atoms with Gasteiger partial charge in [-0.05, 0) is 0 Å². The van der Waals surface area contributed by atoms with Gasteiger partial charge in [0.05, 0.1) is 13.3 Å². The van der Waals surface area contributed by atoms with Gasteiger partial charge in [-0.1, -0.05) is 0 Å². The summed E-state index contributed by atoms with van der Waals surface area (Å²) in [6, 6.07) is 0. The Morgan fingerprint density at radius 1 is 1.53 bits per heavy atom. The molecule has 0 saturated heterocycles. The molecule has 0 atom stereocenters. The van der Waals surface area contributed by atoms with Crippen LogP contribution in [0.3, 0.4) is 0 Å². The molecule has 1 heterocycles. The van der Waals surface area contributed by atoms with Crippen LogP contribution in [0.2, 0.25) is 0 Å². The number of aromatic amines is 1. The summed E-state index contributed by atoms with van der Waals surface area (Å²) < 4.78 is 36.2. The van der Waals surface area contributed by atoms with E-state index in [9.17, 15) is 4.79 Å². The summed E-state index contributed by atoms with van der Waals surface area (Å²) in [6.07, 6.45) is 1.27. The van der Waals surface area contributed by atoms with Gasteiger partial charge in [0.25, 0.3) is 5.56 Å². The van der Waals surface area contributed by atoms with Crippen LogP contribution in [0.15, 0.2) is 11.0 Å². The zero-order valence-electron chi connectivity index (χ0n) is 7.54. The lowest BCUT2D eigenvalue weighted by atomic mass is 10.6. The zero-order chi connectivity index (χ0) is 12.1. The van der Waals surface area contributed by atoms with Crippen LogP contribution in [0.1, 0.15) is 0 Å². The number of methoxy groups -OCH3 is 1. The maximum absolute atomic E-state index is 10.8. The third kappa shape index (κ3) is 7.42. The molecule has 0 saturated carbocycles. The molecule has 0 aliphatic heterocycles. The molecule has 1 aromatic rings. The number of aromatic nitrogens is 2. The van der Waals surface area contributed by atoms with Crippen molar-refractivity contribution in [2.45, 2.75) is 0 Å². The molecule has 10 heteroatoms. The number of H-pyrrole nitrogens is 1. The second-order valence-corrected chi connectivity index (χ2v) is 3.01. The molecular weight excluding hydrogens is 230 g/mol. The van der Waals surface area contributed by atoms with Gasteiger partial charge in [0.15, 0.2) is 5.95 Å². The largest absolute Gasteiger partial charge is 0.490 e. The van der Waals surface area contributed by atoms with Gasteiger partial charge in [-0.15, -0.1) is 0 Å². The van der Waals surface area contributed by atoms with E-state index in [0.717, 1.165) is 0 Å². The SMILES string of the molecule is COc1cnc(N)[nH]c1=O.O=S(=O)(O)O. The maximum atomic E-state index is 10.8. The highest BCUT2D eigenvalue weighted by Crippen LogP contribution is 1.96. The van der Waals surface area contributed by atoms with Gasteiger partial charge in [0.2, 0.25) is 5.75 Å². The van der Waals surface area contributed by atoms with Crippen molar-refractivity contribution < 1.29 is 22.3 Å². The second kappa shape index (κ2) is 5.29. The highest BCUT2D eigenvalue weighted by Gasteiger charge is 1.97. The highest BCUT2D eigenvalue weighted by molar-refractivity contribution is 7.79. The van der Waals surface area contributed by atoms with E-state index < -0.39 is 10.4 Å². The maximum Gasteiger partial charge on any atom is 0.394 e. The van der Waals surface area contributed by atoms with Crippen LogP contribution < -0.4 is 16.0 Å². The van der Waals surface area contributed by atoms with E-state index in [1.54, 1.807) is 0 Å². The van der Waals surface area contributed by atoms with E-state index in [1.807, 2.05) is 0 Å². The fourth-order valence-electron chi connectivity index (χ4n) is 0.542. The van der Waals surface area contributed by atoms with E-state index >= 15 is 0 Å². The van der Waals surface area contributed by atoms with Crippen LogP contribution in [0.25, 0.3) is 0 Å². The topological polar surface area (TPSA) is 156 Å². The number of nitrogens with one attached hydrogen (secondary N) is 1. The standard InChI is InChI=1S/C5H7N3O2.H2O4S/c1-10-3-2-7-5(6)8-4(3)9;1-5(2,3)4/h2H,1H3,(H3,6,7,8,9);(H2,1,2,3,4). The molecule has 0 fully saturated rings. The van der Waals surface area contributed by atoms with Gasteiger partial charge in [-0.2, -0.15) is 8.42 Å². The van der Waals surface area contributed by atoms with Crippen molar-refractivity contribution in [3.05, 3.63) is 16.6 Å². The van der Waals surface area contributed by atoms with Crippen LogP contribution >= 0.6 is 0 Å². The number of nitrogens with zero attached hydrogens (tertiary/aromatic N) is 1. The molecule has 5 N–H and O–H groups in total. The molecule has 0 aromatic carbocycles. The lowest BCUT2D eigenvalue weighted by Crippen LogP contribution is -2.12. The van der Waals surface area contributed by atoms with E-state index in [1.165, 1.54) is 13.3 Å². The fourth-order valence-corrected chi connectivity index (χ4v) is 0.542. The van der Waals surface area contributed by atoms with Gasteiger partial charge in [0, 0.05) is 0 Å². The number of nitrogen functional groups attached to an aromatic ring is 1. The Balaban J connectivity index is 0.000000336. The minimum absolute atomic E-state index is 0.0887. The first kappa shape index (κ1) is 13.4. The normalized spacial score (nSPS) is 10.1. The summed E-state index contributed by atoms with van der Waals surface area (Å²) >= 11 is 0. The minimum atomic E-state index is -4.67. The average molecular weight is 239 g/mol. The third-order valence-corrected chi connectivity index (χ3v) is 1.01. The number of ether oxygens (including phenoxy) is 1. The molecule has 0 amide bonds. The average Bonchev–Trinajstić information content (AvgIpc) is 2.01. The van der Waals surface area contributed by atoms with Gasteiger partial charge in [-0.3, -0.25) is 18.9 Å². The number of hydrogen-bond acceptors (Lipinski definition) is 6. The highest BCUT2D eigenvalue weighted by atomic mass is 32.3.